The molecule has 0 bridgehead atoms. The van der Waals surface area contributed by atoms with Gasteiger partial charge in [0.15, 0.2) is 0 Å². The van der Waals surface area contributed by atoms with Gasteiger partial charge in [-0.15, -0.1) is 11.8 Å². The summed E-state index contributed by atoms with van der Waals surface area (Å²) < 4.78 is 0. The predicted octanol–water partition coefficient (Wildman–Crippen LogP) is 5.05. The summed E-state index contributed by atoms with van der Waals surface area (Å²) in [5.41, 5.74) is 1.13. The molecule has 0 saturated heterocycles. The molecular formula is C15H15Cl2NS. The second-order valence-electron chi connectivity index (χ2n) is 4.13. The fourth-order valence-corrected chi connectivity index (χ4v) is 3.44. The number of nitrogens with one attached hydrogen (secondary N) is 1. The van der Waals surface area contributed by atoms with Crippen LogP contribution < -0.4 is 5.32 Å². The average Bonchev–Trinajstić information content (AvgIpc) is 2.41. The monoisotopic (exact) mass is 311 g/mol. The molecule has 2 aromatic rings. The minimum absolute atomic E-state index is 0.220. The van der Waals surface area contributed by atoms with Crippen LogP contribution in [0, 0.1) is 0 Å². The van der Waals surface area contributed by atoms with E-state index in [1.807, 2.05) is 43.4 Å². The summed E-state index contributed by atoms with van der Waals surface area (Å²) in [6.45, 7) is 0. The van der Waals surface area contributed by atoms with Crippen LogP contribution in [0.15, 0.2) is 53.4 Å². The zero-order valence-electron chi connectivity index (χ0n) is 10.6. The lowest BCUT2D eigenvalue weighted by molar-refractivity contribution is 0.662. The van der Waals surface area contributed by atoms with Crippen molar-refractivity contribution < 1.29 is 0 Å². The van der Waals surface area contributed by atoms with Crippen LogP contribution in [-0.2, 0) is 0 Å². The summed E-state index contributed by atoms with van der Waals surface area (Å²) in [6.07, 6.45) is 0. The van der Waals surface area contributed by atoms with E-state index in [2.05, 4.69) is 17.4 Å². The lowest BCUT2D eigenvalue weighted by Gasteiger charge is -2.17. The summed E-state index contributed by atoms with van der Waals surface area (Å²) in [7, 11) is 1.95. The largest absolute Gasteiger partial charge is 0.312 e. The van der Waals surface area contributed by atoms with Gasteiger partial charge < -0.3 is 5.32 Å². The standard InChI is InChI=1S/C15H15Cl2NS/c1-18-15(13-7-2-3-8-14(13)17)10-19-12-6-4-5-11(16)9-12/h2-9,15,18H,10H2,1H3. The van der Waals surface area contributed by atoms with Crippen LogP contribution in [0.2, 0.25) is 10.0 Å². The molecule has 1 unspecified atom stereocenters. The Labute approximate surface area is 128 Å². The van der Waals surface area contributed by atoms with E-state index in [4.69, 9.17) is 23.2 Å². The Morgan fingerprint density at radius 2 is 1.89 bits per heavy atom. The average molecular weight is 312 g/mol. The zero-order chi connectivity index (χ0) is 13.7. The van der Waals surface area contributed by atoms with Gasteiger partial charge in [0, 0.05) is 26.7 Å². The highest BCUT2D eigenvalue weighted by Crippen LogP contribution is 2.29. The Morgan fingerprint density at radius 3 is 2.58 bits per heavy atom. The highest BCUT2D eigenvalue weighted by molar-refractivity contribution is 7.99. The quantitative estimate of drug-likeness (QED) is 0.776. The van der Waals surface area contributed by atoms with E-state index in [0.29, 0.717) is 0 Å². The van der Waals surface area contributed by atoms with Crippen molar-refractivity contribution in [3.63, 3.8) is 0 Å². The van der Waals surface area contributed by atoms with Gasteiger partial charge in [0.1, 0.15) is 0 Å². The van der Waals surface area contributed by atoms with Crippen molar-refractivity contribution in [2.24, 2.45) is 0 Å². The molecule has 2 aromatic carbocycles. The van der Waals surface area contributed by atoms with Crippen molar-refractivity contribution >= 4 is 35.0 Å². The molecule has 1 nitrogen and oxygen atoms in total. The van der Waals surface area contributed by atoms with E-state index >= 15 is 0 Å². The van der Waals surface area contributed by atoms with Crippen molar-refractivity contribution in [1.29, 1.82) is 0 Å². The molecule has 0 radical (unpaired) electrons. The van der Waals surface area contributed by atoms with Gasteiger partial charge in [-0.3, -0.25) is 0 Å². The van der Waals surface area contributed by atoms with Gasteiger partial charge in [-0.2, -0.15) is 0 Å². The molecule has 0 aromatic heterocycles. The van der Waals surface area contributed by atoms with E-state index in [1.54, 1.807) is 11.8 Å². The van der Waals surface area contributed by atoms with Crippen LogP contribution >= 0.6 is 35.0 Å². The second-order valence-corrected chi connectivity index (χ2v) is 6.07. The van der Waals surface area contributed by atoms with Gasteiger partial charge in [-0.05, 0) is 36.9 Å². The van der Waals surface area contributed by atoms with Crippen LogP contribution in [0.1, 0.15) is 11.6 Å². The highest BCUT2D eigenvalue weighted by atomic mass is 35.5. The highest BCUT2D eigenvalue weighted by Gasteiger charge is 2.12. The van der Waals surface area contributed by atoms with Crippen LogP contribution in [-0.4, -0.2) is 12.8 Å². The van der Waals surface area contributed by atoms with Gasteiger partial charge in [-0.25, -0.2) is 0 Å². The van der Waals surface area contributed by atoms with Crippen molar-refractivity contribution in [2.45, 2.75) is 10.9 Å². The van der Waals surface area contributed by atoms with Gasteiger partial charge in [0.2, 0.25) is 0 Å². The minimum Gasteiger partial charge on any atom is -0.312 e. The fraction of sp³-hybridized carbons (Fsp3) is 0.200. The van der Waals surface area contributed by atoms with E-state index in [0.717, 1.165) is 21.4 Å². The second kappa shape index (κ2) is 7.20. The van der Waals surface area contributed by atoms with Gasteiger partial charge in [0.05, 0.1) is 0 Å². The number of benzene rings is 2. The van der Waals surface area contributed by atoms with E-state index in [9.17, 15) is 0 Å². The normalized spacial score (nSPS) is 12.4. The molecule has 19 heavy (non-hydrogen) atoms. The third-order valence-corrected chi connectivity index (χ3v) is 4.51. The smallest absolute Gasteiger partial charge is 0.0454 e. The number of rotatable bonds is 5. The van der Waals surface area contributed by atoms with E-state index in [1.165, 1.54) is 4.90 Å². The third kappa shape index (κ3) is 4.15. The van der Waals surface area contributed by atoms with Crippen molar-refractivity contribution in [3.05, 3.63) is 64.1 Å². The number of thioether (sulfide) groups is 1. The summed E-state index contributed by atoms with van der Waals surface area (Å²) in [4.78, 5) is 1.17. The lowest BCUT2D eigenvalue weighted by atomic mass is 10.1. The SMILES string of the molecule is CNC(CSc1cccc(Cl)c1)c1ccccc1Cl. The molecule has 2 rings (SSSR count). The lowest BCUT2D eigenvalue weighted by Crippen LogP contribution is -2.19. The molecular weight excluding hydrogens is 297 g/mol. The molecule has 0 saturated carbocycles. The van der Waals surface area contributed by atoms with Gasteiger partial charge in [-0.1, -0.05) is 47.5 Å². The summed E-state index contributed by atoms with van der Waals surface area (Å²) >= 11 is 14.0. The Morgan fingerprint density at radius 1 is 1.11 bits per heavy atom. The zero-order valence-corrected chi connectivity index (χ0v) is 12.9. The van der Waals surface area contributed by atoms with E-state index < -0.39 is 0 Å². The van der Waals surface area contributed by atoms with Crippen LogP contribution in [0.25, 0.3) is 0 Å². The molecule has 1 atom stereocenters. The maximum atomic E-state index is 6.23. The minimum atomic E-state index is 0.220. The van der Waals surface area contributed by atoms with Gasteiger partial charge in [0.25, 0.3) is 0 Å². The molecule has 4 heteroatoms. The predicted molar refractivity (Wildman–Crippen MR) is 85.4 cm³/mol. The number of halogens is 2. The summed E-state index contributed by atoms with van der Waals surface area (Å²) in [6, 6.07) is 16.1. The van der Waals surface area contributed by atoms with Gasteiger partial charge >= 0.3 is 0 Å². The molecule has 0 spiro atoms. The van der Waals surface area contributed by atoms with E-state index in [-0.39, 0.29) is 6.04 Å². The maximum Gasteiger partial charge on any atom is 0.0454 e. The molecule has 0 fully saturated rings. The molecule has 0 amide bonds. The number of hydrogen-bond acceptors (Lipinski definition) is 2. The molecule has 0 heterocycles. The first-order chi connectivity index (χ1) is 9.20. The van der Waals surface area contributed by atoms with Crippen LogP contribution in [0.3, 0.4) is 0 Å². The third-order valence-electron chi connectivity index (χ3n) is 2.84. The topological polar surface area (TPSA) is 12.0 Å². The van der Waals surface area contributed by atoms with Crippen molar-refractivity contribution in [2.75, 3.05) is 12.8 Å². The Balaban J connectivity index is 2.06. The fourth-order valence-electron chi connectivity index (χ4n) is 1.82. The Hall–Kier alpha value is -0.670. The molecule has 100 valence electrons. The van der Waals surface area contributed by atoms with Crippen LogP contribution in [0.5, 0.6) is 0 Å². The first-order valence-corrected chi connectivity index (χ1v) is 7.75. The molecule has 0 aliphatic carbocycles. The summed E-state index contributed by atoms with van der Waals surface area (Å²) in [5, 5.41) is 4.87. The van der Waals surface area contributed by atoms with Crippen molar-refractivity contribution in [3.8, 4) is 0 Å². The molecule has 1 N–H and O–H groups in total. The molecule has 0 aliphatic rings. The maximum absolute atomic E-state index is 6.23. The molecule has 0 aliphatic heterocycles. The van der Waals surface area contributed by atoms with Crippen molar-refractivity contribution in [1.82, 2.24) is 5.32 Å². The Bertz CT molecular complexity index is 545. The van der Waals surface area contributed by atoms with Crippen LogP contribution in [0.4, 0.5) is 0 Å². The first kappa shape index (κ1) is 14.7. The first-order valence-electron chi connectivity index (χ1n) is 6.01. The number of hydrogen-bond donors (Lipinski definition) is 1. The Kier molecular flexibility index (Phi) is 5.59. The summed E-state index contributed by atoms with van der Waals surface area (Å²) in [5.74, 6) is 0.903.